The van der Waals surface area contributed by atoms with Gasteiger partial charge in [0.2, 0.25) is 0 Å². The fraction of sp³-hybridized carbons (Fsp3) is 0.200. The summed E-state index contributed by atoms with van der Waals surface area (Å²) in [6, 6.07) is 18.1. The van der Waals surface area contributed by atoms with Crippen molar-refractivity contribution in [2.24, 2.45) is 0 Å². The van der Waals surface area contributed by atoms with Crippen LogP contribution < -0.4 is 0 Å². The lowest BCUT2D eigenvalue weighted by molar-refractivity contribution is 0.0943. The molecule has 0 aliphatic heterocycles. The van der Waals surface area contributed by atoms with Gasteiger partial charge in [-0.25, -0.2) is 0 Å². The van der Waals surface area contributed by atoms with Gasteiger partial charge in [0.25, 0.3) is 0 Å². The Labute approximate surface area is 107 Å². The molecule has 0 N–H and O–H groups in total. The van der Waals surface area contributed by atoms with E-state index in [0.29, 0.717) is 6.61 Å². The van der Waals surface area contributed by atoms with Gasteiger partial charge in [0.1, 0.15) is 0 Å². The Bertz CT molecular complexity index is 450. The van der Waals surface area contributed by atoms with Gasteiger partial charge in [0.15, 0.2) is 5.56 Å². The molecule has 0 aromatic heterocycles. The predicted molar refractivity (Wildman–Crippen MR) is 71.0 cm³/mol. The number of aryl methyl sites for hydroxylation is 1. The normalized spacial score (nSPS) is 12.4. The Balaban J connectivity index is 1.92. The summed E-state index contributed by atoms with van der Waals surface area (Å²) >= 11 is 6.17. The molecule has 2 heteroatoms. The molecular formula is C15H15ClO. The molecule has 0 radical (unpaired) electrons. The Morgan fingerprint density at radius 1 is 1.00 bits per heavy atom. The third kappa shape index (κ3) is 3.58. The largest absolute Gasteiger partial charge is 0.354 e. The van der Waals surface area contributed by atoms with E-state index in [4.69, 9.17) is 16.3 Å². The Morgan fingerprint density at radius 2 is 1.65 bits per heavy atom. The number of halogens is 1. The maximum Gasteiger partial charge on any atom is 0.157 e. The van der Waals surface area contributed by atoms with Crippen molar-refractivity contribution < 1.29 is 4.74 Å². The molecule has 0 saturated heterocycles. The van der Waals surface area contributed by atoms with Gasteiger partial charge in [-0.3, -0.25) is 0 Å². The fourth-order valence-corrected chi connectivity index (χ4v) is 1.76. The molecule has 88 valence electrons. The van der Waals surface area contributed by atoms with Crippen molar-refractivity contribution in [2.75, 3.05) is 0 Å². The summed E-state index contributed by atoms with van der Waals surface area (Å²) in [6.45, 7) is 2.60. The van der Waals surface area contributed by atoms with Crippen molar-refractivity contribution in [1.82, 2.24) is 0 Å². The lowest BCUT2D eigenvalue weighted by atomic mass is 10.2. The molecule has 1 nitrogen and oxygen atoms in total. The first kappa shape index (κ1) is 12.2. The van der Waals surface area contributed by atoms with Crippen molar-refractivity contribution >= 4 is 11.6 Å². The highest BCUT2D eigenvalue weighted by molar-refractivity contribution is 6.19. The number of ether oxygens (including phenoxy) is 1. The van der Waals surface area contributed by atoms with Crippen LogP contribution in [0.4, 0.5) is 0 Å². The van der Waals surface area contributed by atoms with Crippen molar-refractivity contribution in [3.8, 4) is 0 Å². The maximum absolute atomic E-state index is 6.17. The van der Waals surface area contributed by atoms with Crippen LogP contribution in [-0.2, 0) is 11.3 Å². The average molecular weight is 247 g/mol. The second kappa shape index (κ2) is 5.85. The molecule has 0 fully saturated rings. The maximum atomic E-state index is 6.17. The molecule has 1 unspecified atom stereocenters. The topological polar surface area (TPSA) is 9.23 Å². The predicted octanol–water partition coefficient (Wildman–Crippen LogP) is 4.45. The summed E-state index contributed by atoms with van der Waals surface area (Å²) in [4.78, 5) is 0. The van der Waals surface area contributed by atoms with Gasteiger partial charge in [-0.1, -0.05) is 71.8 Å². The first-order chi connectivity index (χ1) is 8.25. The molecular weight excluding hydrogens is 232 g/mol. The lowest BCUT2D eigenvalue weighted by Gasteiger charge is -2.11. The summed E-state index contributed by atoms with van der Waals surface area (Å²) in [6.07, 6.45) is 0. The van der Waals surface area contributed by atoms with E-state index in [1.807, 2.05) is 30.3 Å². The molecule has 17 heavy (non-hydrogen) atoms. The summed E-state index contributed by atoms with van der Waals surface area (Å²) in [5.41, 5.74) is 2.98. The van der Waals surface area contributed by atoms with Gasteiger partial charge < -0.3 is 4.74 Å². The van der Waals surface area contributed by atoms with Gasteiger partial charge in [-0.2, -0.15) is 0 Å². The number of alkyl halides is 1. The Morgan fingerprint density at radius 3 is 2.29 bits per heavy atom. The van der Waals surface area contributed by atoms with Crippen LogP contribution in [0, 0.1) is 6.92 Å². The minimum Gasteiger partial charge on any atom is -0.354 e. The van der Waals surface area contributed by atoms with E-state index in [1.165, 1.54) is 5.56 Å². The van der Waals surface area contributed by atoms with Crippen molar-refractivity contribution in [2.45, 2.75) is 19.1 Å². The summed E-state index contributed by atoms with van der Waals surface area (Å²) < 4.78 is 5.62. The minimum absolute atomic E-state index is 0.391. The van der Waals surface area contributed by atoms with E-state index in [1.54, 1.807) is 0 Å². The molecule has 0 saturated carbocycles. The van der Waals surface area contributed by atoms with Gasteiger partial charge in [-0.05, 0) is 18.1 Å². The molecule has 2 aromatic rings. The fourth-order valence-electron chi connectivity index (χ4n) is 1.55. The SMILES string of the molecule is Cc1ccc(COC(Cl)c2ccccc2)cc1. The lowest BCUT2D eigenvalue weighted by Crippen LogP contribution is -1.97. The van der Waals surface area contributed by atoms with E-state index in [0.717, 1.165) is 11.1 Å². The highest BCUT2D eigenvalue weighted by atomic mass is 35.5. The van der Waals surface area contributed by atoms with E-state index < -0.39 is 5.56 Å². The van der Waals surface area contributed by atoms with Crippen LogP contribution in [0.25, 0.3) is 0 Å². The van der Waals surface area contributed by atoms with Gasteiger partial charge in [0, 0.05) is 0 Å². The highest BCUT2D eigenvalue weighted by Crippen LogP contribution is 2.22. The van der Waals surface area contributed by atoms with Crippen LogP contribution in [0.5, 0.6) is 0 Å². The quantitative estimate of drug-likeness (QED) is 0.725. The van der Waals surface area contributed by atoms with Crippen LogP contribution in [0.3, 0.4) is 0 Å². The molecule has 2 aromatic carbocycles. The molecule has 0 amide bonds. The molecule has 0 aliphatic carbocycles. The monoisotopic (exact) mass is 246 g/mol. The number of hydrogen-bond acceptors (Lipinski definition) is 1. The van der Waals surface area contributed by atoms with E-state index in [9.17, 15) is 0 Å². The molecule has 0 aliphatic rings. The summed E-state index contributed by atoms with van der Waals surface area (Å²) in [7, 11) is 0. The first-order valence-corrected chi connectivity index (χ1v) is 6.05. The Hall–Kier alpha value is -1.31. The number of hydrogen-bond donors (Lipinski definition) is 0. The third-order valence-corrected chi connectivity index (χ3v) is 2.96. The van der Waals surface area contributed by atoms with Crippen LogP contribution in [-0.4, -0.2) is 0 Å². The second-order valence-electron chi connectivity index (χ2n) is 4.02. The van der Waals surface area contributed by atoms with Crippen LogP contribution in [0.15, 0.2) is 54.6 Å². The van der Waals surface area contributed by atoms with Crippen LogP contribution in [0.2, 0.25) is 0 Å². The van der Waals surface area contributed by atoms with E-state index in [-0.39, 0.29) is 0 Å². The van der Waals surface area contributed by atoms with Crippen molar-refractivity contribution in [1.29, 1.82) is 0 Å². The summed E-state index contributed by atoms with van der Waals surface area (Å²) in [5, 5.41) is 0. The molecule has 0 spiro atoms. The third-order valence-electron chi connectivity index (χ3n) is 2.58. The van der Waals surface area contributed by atoms with Crippen LogP contribution in [0.1, 0.15) is 22.3 Å². The zero-order valence-corrected chi connectivity index (χ0v) is 10.5. The average Bonchev–Trinajstić information content (AvgIpc) is 2.39. The zero-order valence-electron chi connectivity index (χ0n) is 9.77. The van der Waals surface area contributed by atoms with Crippen molar-refractivity contribution in [3.05, 3.63) is 71.3 Å². The van der Waals surface area contributed by atoms with Gasteiger partial charge >= 0.3 is 0 Å². The highest BCUT2D eigenvalue weighted by Gasteiger charge is 2.07. The molecule has 0 bridgehead atoms. The molecule has 1 atom stereocenters. The standard InChI is InChI=1S/C15H15ClO/c1-12-7-9-13(10-8-12)11-17-15(16)14-5-3-2-4-6-14/h2-10,15H,11H2,1H3. The summed E-state index contributed by atoms with van der Waals surface area (Å²) in [5.74, 6) is 0. The molecule has 2 rings (SSSR count). The van der Waals surface area contributed by atoms with Crippen LogP contribution >= 0.6 is 11.6 Å². The number of benzene rings is 2. The zero-order chi connectivity index (χ0) is 12.1. The Kier molecular flexibility index (Phi) is 4.18. The van der Waals surface area contributed by atoms with E-state index >= 15 is 0 Å². The minimum atomic E-state index is -0.391. The van der Waals surface area contributed by atoms with Crippen molar-refractivity contribution in [3.63, 3.8) is 0 Å². The second-order valence-corrected chi connectivity index (χ2v) is 4.42. The smallest absolute Gasteiger partial charge is 0.157 e. The van der Waals surface area contributed by atoms with E-state index in [2.05, 4.69) is 31.2 Å². The first-order valence-electron chi connectivity index (χ1n) is 5.62. The van der Waals surface area contributed by atoms with Gasteiger partial charge in [-0.15, -0.1) is 0 Å². The number of rotatable bonds is 4. The van der Waals surface area contributed by atoms with Gasteiger partial charge in [0.05, 0.1) is 6.61 Å². The molecule has 0 heterocycles.